The van der Waals surface area contributed by atoms with Crippen LogP contribution in [0.4, 0.5) is 0 Å². The van der Waals surface area contributed by atoms with E-state index >= 15 is 0 Å². The highest BCUT2D eigenvalue weighted by molar-refractivity contribution is 9.10. The molecule has 130 valence electrons. The predicted molar refractivity (Wildman–Crippen MR) is 106 cm³/mol. The smallest absolute Gasteiger partial charge is 0.216 e. The van der Waals surface area contributed by atoms with Crippen LogP contribution in [0.3, 0.4) is 0 Å². The summed E-state index contributed by atoms with van der Waals surface area (Å²) in [5.74, 6) is 1.97. The first-order chi connectivity index (χ1) is 12.1. The molecule has 1 N–H and O–H groups in total. The maximum absolute atomic E-state index is 5.60. The van der Waals surface area contributed by atoms with Crippen LogP contribution in [0.5, 0.6) is 11.5 Å². The Morgan fingerprint density at radius 2 is 2.32 bits per heavy atom. The molecule has 0 unspecified atom stereocenters. The summed E-state index contributed by atoms with van der Waals surface area (Å²) < 4.78 is 13.8. The number of ether oxygens (including phenoxy) is 2. The Balaban J connectivity index is 1.97. The molecule has 9 heteroatoms. The standard InChI is InChI=1S/C16H15BrN4O2S2/c1-3-23-14-11(17)7-10(8-12(14)22-2)9-18-21-15(19-20-16(21)24)13-5-4-6-25-13/h4-9H,3H2,1-2H3,(H,20,24)/b18-9-. The number of benzene rings is 1. The van der Waals surface area contributed by atoms with E-state index in [4.69, 9.17) is 21.7 Å². The molecule has 0 aliphatic rings. The SMILES string of the molecule is CCOc1c(Br)cc(/C=N\n2c(-c3cccs3)n[nH]c2=S)cc1OC. The summed E-state index contributed by atoms with van der Waals surface area (Å²) in [6.07, 6.45) is 1.70. The van der Waals surface area contributed by atoms with Crippen LogP contribution in [0, 0.1) is 4.77 Å². The minimum absolute atomic E-state index is 0.427. The van der Waals surface area contributed by atoms with Crippen molar-refractivity contribution in [2.45, 2.75) is 6.92 Å². The van der Waals surface area contributed by atoms with Crippen LogP contribution in [-0.4, -0.2) is 34.8 Å². The van der Waals surface area contributed by atoms with Crippen LogP contribution in [-0.2, 0) is 0 Å². The normalized spacial score (nSPS) is 11.2. The van der Waals surface area contributed by atoms with Gasteiger partial charge in [-0.05, 0) is 64.2 Å². The molecule has 0 fully saturated rings. The van der Waals surface area contributed by atoms with E-state index in [9.17, 15) is 0 Å². The molecule has 0 spiro atoms. The summed E-state index contributed by atoms with van der Waals surface area (Å²) in [5.41, 5.74) is 0.840. The van der Waals surface area contributed by atoms with Gasteiger partial charge < -0.3 is 9.47 Å². The third kappa shape index (κ3) is 3.83. The summed E-state index contributed by atoms with van der Waals surface area (Å²) in [5, 5.41) is 13.5. The van der Waals surface area contributed by atoms with E-state index in [0.29, 0.717) is 28.7 Å². The molecule has 2 aromatic heterocycles. The van der Waals surface area contributed by atoms with Crippen molar-refractivity contribution in [2.24, 2.45) is 5.10 Å². The number of aromatic nitrogens is 3. The number of hydrogen-bond acceptors (Lipinski definition) is 6. The van der Waals surface area contributed by atoms with E-state index < -0.39 is 0 Å². The summed E-state index contributed by atoms with van der Waals surface area (Å²) in [6.45, 7) is 2.48. The lowest BCUT2D eigenvalue weighted by Gasteiger charge is -2.12. The van der Waals surface area contributed by atoms with Gasteiger partial charge in [0.25, 0.3) is 0 Å². The van der Waals surface area contributed by atoms with Crippen LogP contribution in [0.1, 0.15) is 12.5 Å². The van der Waals surface area contributed by atoms with Crippen LogP contribution in [0.25, 0.3) is 10.7 Å². The summed E-state index contributed by atoms with van der Waals surface area (Å²) >= 11 is 10.4. The van der Waals surface area contributed by atoms with Gasteiger partial charge in [-0.25, -0.2) is 5.10 Å². The predicted octanol–water partition coefficient (Wildman–Crippen LogP) is 4.72. The van der Waals surface area contributed by atoms with Gasteiger partial charge in [-0.1, -0.05) is 6.07 Å². The average molecular weight is 439 g/mol. The quantitative estimate of drug-likeness (QED) is 0.446. The molecule has 6 nitrogen and oxygen atoms in total. The first-order valence-electron chi connectivity index (χ1n) is 7.40. The van der Waals surface area contributed by atoms with Crippen molar-refractivity contribution in [2.75, 3.05) is 13.7 Å². The van der Waals surface area contributed by atoms with E-state index in [2.05, 4.69) is 31.2 Å². The van der Waals surface area contributed by atoms with E-state index in [1.54, 1.807) is 29.3 Å². The molecule has 2 heterocycles. The largest absolute Gasteiger partial charge is 0.493 e. The van der Waals surface area contributed by atoms with Gasteiger partial charge in [-0.15, -0.1) is 11.3 Å². The van der Waals surface area contributed by atoms with Crippen LogP contribution in [0.15, 0.2) is 39.2 Å². The van der Waals surface area contributed by atoms with Gasteiger partial charge in [-0.3, -0.25) is 0 Å². The third-order valence-electron chi connectivity index (χ3n) is 3.25. The Morgan fingerprint density at radius 3 is 3.00 bits per heavy atom. The van der Waals surface area contributed by atoms with Gasteiger partial charge >= 0.3 is 0 Å². The van der Waals surface area contributed by atoms with Crippen molar-refractivity contribution < 1.29 is 9.47 Å². The van der Waals surface area contributed by atoms with Crippen molar-refractivity contribution in [1.29, 1.82) is 0 Å². The highest BCUT2D eigenvalue weighted by atomic mass is 79.9. The van der Waals surface area contributed by atoms with Crippen LogP contribution < -0.4 is 9.47 Å². The number of halogens is 1. The Hall–Kier alpha value is -1.97. The molecule has 0 saturated carbocycles. The molecule has 0 aliphatic carbocycles. The summed E-state index contributed by atoms with van der Waals surface area (Å²) in [7, 11) is 1.60. The zero-order valence-electron chi connectivity index (χ0n) is 13.5. The number of H-pyrrole nitrogens is 1. The highest BCUT2D eigenvalue weighted by Gasteiger charge is 2.12. The second-order valence-corrected chi connectivity index (χ2v) is 7.04. The number of aromatic amines is 1. The zero-order chi connectivity index (χ0) is 17.8. The van der Waals surface area contributed by atoms with Gasteiger partial charge in [0.2, 0.25) is 4.77 Å². The molecule has 0 bridgehead atoms. The molecule has 3 rings (SSSR count). The fourth-order valence-corrected chi connectivity index (χ4v) is 3.64. The minimum atomic E-state index is 0.427. The third-order valence-corrected chi connectivity index (χ3v) is 4.97. The van der Waals surface area contributed by atoms with Gasteiger partial charge in [0.15, 0.2) is 17.3 Å². The number of methoxy groups -OCH3 is 1. The second-order valence-electron chi connectivity index (χ2n) is 4.85. The molecule has 1 aromatic carbocycles. The second kappa shape index (κ2) is 7.94. The van der Waals surface area contributed by atoms with Crippen molar-refractivity contribution in [3.63, 3.8) is 0 Å². The number of rotatable bonds is 6. The Morgan fingerprint density at radius 1 is 1.48 bits per heavy atom. The first kappa shape index (κ1) is 17.8. The van der Waals surface area contributed by atoms with Gasteiger partial charge in [0.1, 0.15) is 0 Å². The number of nitrogens with one attached hydrogen (secondary N) is 1. The number of thiophene rings is 1. The number of nitrogens with zero attached hydrogens (tertiary/aromatic N) is 3. The Labute approximate surface area is 162 Å². The van der Waals surface area contributed by atoms with Crippen molar-refractivity contribution in [3.05, 3.63) is 44.5 Å². The molecule has 0 amide bonds. The van der Waals surface area contributed by atoms with Crippen LogP contribution in [0.2, 0.25) is 0 Å². The lowest BCUT2D eigenvalue weighted by molar-refractivity contribution is 0.309. The maximum Gasteiger partial charge on any atom is 0.216 e. The van der Waals surface area contributed by atoms with Crippen molar-refractivity contribution in [1.82, 2.24) is 14.9 Å². The van der Waals surface area contributed by atoms with E-state index in [-0.39, 0.29) is 0 Å². The highest BCUT2D eigenvalue weighted by Crippen LogP contribution is 2.36. The molecule has 25 heavy (non-hydrogen) atoms. The van der Waals surface area contributed by atoms with E-state index in [1.165, 1.54) is 0 Å². The maximum atomic E-state index is 5.60. The summed E-state index contributed by atoms with van der Waals surface area (Å²) in [4.78, 5) is 0.981. The molecular formula is C16H15BrN4O2S2. The molecule has 0 aliphatic heterocycles. The Kier molecular flexibility index (Phi) is 5.67. The average Bonchev–Trinajstić information content (AvgIpc) is 3.24. The van der Waals surface area contributed by atoms with Crippen molar-refractivity contribution >= 4 is 45.7 Å². The summed E-state index contributed by atoms with van der Waals surface area (Å²) in [6, 6.07) is 7.69. The fraction of sp³-hybridized carbons (Fsp3) is 0.188. The minimum Gasteiger partial charge on any atom is -0.493 e. The first-order valence-corrected chi connectivity index (χ1v) is 9.48. The van der Waals surface area contributed by atoms with Crippen LogP contribution >= 0.6 is 39.5 Å². The molecular weight excluding hydrogens is 424 g/mol. The number of hydrogen-bond donors (Lipinski definition) is 1. The van der Waals surface area contributed by atoms with Gasteiger partial charge in [0.05, 0.1) is 29.3 Å². The molecule has 0 saturated heterocycles. The fourth-order valence-electron chi connectivity index (χ4n) is 2.19. The molecule has 3 aromatic rings. The topological polar surface area (TPSA) is 64.4 Å². The molecule has 0 radical (unpaired) electrons. The lowest BCUT2D eigenvalue weighted by Crippen LogP contribution is -1.98. The molecule has 0 atom stereocenters. The monoisotopic (exact) mass is 438 g/mol. The van der Waals surface area contributed by atoms with Gasteiger partial charge in [0, 0.05) is 0 Å². The lowest BCUT2D eigenvalue weighted by atomic mass is 10.2. The Bertz CT molecular complexity index is 948. The van der Waals surface area contributed by atoms with E-state index in [1.807, 2.05) is 36.6 Å². The van der Waals surface area contributed by atoms with Crippen molar-refractivity contribution in [3.8, 4) is 22.2 Å². The van der Waals surface area contributed by atoms with E-state index in [0.717, 1.165) is 14.9 Å². The van der Waals surface area contributed by atoms with Gasteiger partial charge in [-0.2, -0.15) is 14.9 Å². The zero-order valence-corrected chi connectivity index (χ0v) is 16.7.